The van der Waals surface area contributed by atoms with Gasteiger partial charge in [-0.1, -0.05) is 30.7 Å². The fourth-order valence-electron chi connectivity index (χ4n) is 3.45. The summed E-state index contributed by atoms with van der Waals surface area (Å²) < 4.78 is 0. The van der Waals surface area contributed by atoms with Crippen molar-refractivity contribution in [2.24, 2.45) is 11.8 Å². The molecule has 4 atom stereocenters. The summed E-state index contributed by atoms with van der Waals surface area (Å²) in [5.74, 6) is -0.149. The molecule has 0 unspecified atom stereocenters. The maximum Gasteiger partial charge on any atom is 0.245 e. The highest BCUT2D eigenvalue weighted by Crippen LogP contribution is 2.36. The van der Waals surface area contributed by atoms with E-state index in [-0.39, 0.29) is 23.8 Å². The Labute approximate surface area is 142 Å². The van der Waals surface area contributed by atoms with Crippen LogP contribution < -0.4 is 10.6 Å². The minimum atomic E-state index is -0.929. The van der Waals surface area contributed by atoms with Gasteiger partial charge >= 0.3 is 0 Å². The molecule has 2 amide bonds. The van der Waals surface area contributed by atoms with E-state index in [0.29, 0.717) is 5.92 Å². The SMILES string of the molecule is Cc1ccc2c(c1)[C@H](NC(=O)[C@H](NC(=O)C1CC1)[C@H](C)O)[C@H](C)C2. The Morgan fingerprint density at radius 3 is 2.62 bits per heavy atom. The molecule has 0 spiro atoms. The quantitative estimate of drug-likeness (QED) is 0.768. The Morgan fingerprint density at radius 2 is 2.00 bits per heavy atom. The average molecular weight is 330 g/mol. The molecule has 3 rings (SSSR count). The molecule has 24 heavy (non-hydrogen) atoms. The highest BCUT2D eigenvalue weighted by Gasteiger charge is 2.37. The first kappa shape index (κ1) is 17.0. The van der Waals surface area contributed by atoms with Gasteiger partial charge in [-0.3, -0.25) is 9.59 Å². The van der Waals surface area contributed by atoms with Crippen molar-refractivity contribution in [1.29, 1.82) is 0 Å². The molecule has 1 aromatic carbocycles. The van der Waals surface area contributed by atoms with Crippen molar-refractivity contribution in [1.82, 2.24) is 10.6 Å². The number of carbonyl (C=O) groups excluding carboxylic acids is 2. The van der Waals surface area contributed by atoms with Crippen LogP contribution in [-0.4, -0.2) is 29.1 Å². The number of aryl methyl sites for hydroxylation is 1. The molecule has 5 nitrogen and oxygen atoms in total. The third-order valence-corrected chi connectivity index (χ3v) is 5.06. The van der Waals surface area contributed by atoms with E-state index in [9.17, 15) is 14.7 Å². The molecule has 1 saturated carbocycles. The number of carbonyl (C=O) groups is 2. The van der Waals surface area contributed by atoms with Crippen LogP contribution in [0.25, 0.3) is 0 Å². The summed E-state index contributed by atoms with van der Waals surface area (Å²) >= 11 is 0. The van der Waals surface area contributed by atoms with Crippen molar-refractivity contribution in [3.8, 4) is 0 Å². The molecule has 5 heteroatoms. The van der Waals surface area contributed by atoms with Crippen molar-refractivity contribution in [2.75, 3.05) is 0 Å². The molecule has 130 valence electrons. The summed E-state index contributed by atoms with van der Waals surface area (Å²) in [7, 11) is 0. The van der Waals surface area contributed by atoms with Crippen molar-refractivity contribution < 1.29 is 14.7 Å². The lowest BCUT2D eigenvalue weighted by atomic mass is 10.0. The van der Waals surface area contributed by atoms with E-state index in [2.05, 4.69) is 35.8 Å². The van der Waals surface area contributed by atoms with Gasteiger partial charge in [0, 0.05) is 5.92 Å². The van der Waals surface area contributed by atoms with Gasteiger partial charge in [-0.05, 0) is 50.2 Å². The van der Waals surface area contributed by atoms with Gasteiger partial charge in [0.25, 0.3) is 0 Å². The van der Waals surface area contributed by atoms with E-state index in [1.165, 1.54) is 12.5 Å². The van der Waals surface area contributed by atoms with Crippen LogP contribution >= 0.6 is 0 Å². The van der Waals surface area contributed by atoms with Crippen molar-refractivity contribution >= 4 is 11.8 Å². The third kappa shape index (κ3) is 3.46. The summed E-state index contributed by atoms with van der Waals surface area (Å²) in [6.45, 7) is 5.69. The van der Waals surface area contributed by atoms with Crippen LogP contribution in [0.1, 0.15) is 49.4 Å². The summed E-state index contributed by atoms with van der Waals surface area (Å²) in [4.78, 5) is 24.6. The number of hydrogen-bond acceptors (Lipinski definition) is 3. The maximum absolute atomic E-state index is 12.7. The molecule has 2 aliphatic carbocycles. The van der Waals surface area contributed by atoms with E-state index in [4.69, 9.17) is 0 Å². The van der Waals surface area contributed by atoms with Gasteiger partial charge in [0.05, 0.1) is 12.1 Å². The second-order valence-electron chi connectivity index (χ2n) is 7.37. The molecule has 2 aliphatic rings. The molecular formula is C19H26N2O3. The monoisotopic (exact) mass is 330 g/mol. The number of rotatable bonds is 5. The minimum absolute atomic E-state index is 0.00725. The Hall–Kier alpha value is -1.88. The molecule has 0 heterocycles. The summed E-state index contributed by atoms with van der Waals surface area (Å²) in [6, 6.07) is 5.34. The molecule has 0 radical (unpaired) electrons. The molecular weight excluding hydrogens is 304 g/mol. The number of fused-ring (bicyclic) bond motifs is 1. The van der Waals surface area contributed by atoms with E-state index in [1.54, 1.807) is 0 Å². The molecule has 3 N–H and O–H groups in total. The number of benzene rings is 1. The predicted octanol–water partition coefficient (Wildman–Crippen LogP) is 1.62. The van der Waals surface area contributed by atoms with Crippen molar-refractivity contribution in [3.05, 3.63) is 34.9 Å². The summed E-state index contributed by atoms with van der Waals surface area (Å²) in [5.41, 5.74) is 3.57. The predicted molar refractivity (Wildman–Crippen MR) is 91.3 cm³/mol. The Kier molecular flexibility index (Phi) is 4.63. The Morgan fingerprint density at radius 1 is 1.29 bits per heavy atom. The lowest BCUT2D eigenvalue weighted by Crippen LogP contribution is -2.53. The largest absolute Gasteiger partial charge is 0.391 e. The molecule has 0 bridgehead atoms. The van der Waals surface area contributed by atoms with Gasteiger partial charge < -0.3 is 15.7 Å². The van der Waals surface area contributed by atoms with E-state index in [0.717, 1.165) is 30.4 Å². The van der Waals surface area contributed by atoms with Crippen LogP contribution in [0.4, 0.5) is 0 Å². The van der Waals surface area contributed by atoms with Gasteiger partial charge in [0.2, 0.25) is 11.8 Å². The first-order chi connectivity index (χ1) is 11.4. The van der Waals surface area contributed by atoms with Crippen LogP contribution in [-0.2, 0) is 16.0 Å². The van der Waals surface area contributed by atoms with E-state index in [1.807, 2.05) is 6.92 Å². The number of hydrogen-bond donors (Lipinski definition) is 3. The molecule has 1 aromatic rings. The Balaban J connectivity index is 1.72. The fourth-order valence-corrected chi connectivity index (χ4v) is 3.45. The average Bonchev–Trinajstić information content (AvgIpc) is 3.32. The second-order valence-corrected chi connectivity index (χ2v) is 7.37. The highest BCUT2D eigenvalue weighted by atomic mass is 16.3. The normalized spacial score (nSPS) is 24.8. The van der Waals surface area contributed by atoms with Crippen LogP contribution in [0.2, 0.25) is 0 Å². The molecule has 0 saturated heterocycles. The lowest BCUT2D eigenvalue weighted by Gasteiger charge is -2.25. The van der Waals surface area contributed by atoms with Gasteiger partial charge in [-0.25, -0.2) is 0 Å². The zero-order valence-corrected chi connectivity index (χ0v) is 14.5. The number of amides is 2. The van der Waals surface area contributed by atoms with E-state index >= 15 is 0 Å². The number of nitrogens with one attached hydrogen (secondary N) is 2. The van der Waals surface area contributed by atoms with Crippen LogP contribution in [0.5, 0.6) is 0 Å². The zero-order valence-electron chi connectivity index (χ0n) is 14.5. The third-order valence-electron chi connectivity index (χ3n) is 5.06. The first-order valence-corrected chi connectivity index (χ1v) is 8.75. The standard InChI is InChI=1S/C19H26N2O3/c1-10-4-5-14-9-11(2)16(15(14)8-10)20-19(24)17(12(3)22)21-18(23)13-6-7-13/h4-5,8,11-13,16-17,22H,6-7,9H2,1-3H3,(H,20,24)(H,21,23)/t11-,12+,16-,17-/m1/s1. The van der Waals surface area contributed by atoms with Gasteiger partial charge in [-0.2, -0.15) is 0 Å². The zero-order chi connectivity index (χ0) is 17.4. The lowest BCUT2D eigenvalue weighted by molar-refractivity contribution is -0.132. The minimum Gasteiger partial charge on any atom is -0.391 e. The van der Waals surface area contributed by atoms with Gasteiger partial charge in [0.15, 0.2) is 0 Å². The van der Waals surface area contributed by atoms with Gasteiger partial charge in [-0.15, -0.1) is 0 Å². The smallest absolute Gasteiger partial charge is 0.245 e. The highest BCUT2D eigenvalue weighted by molar-refractivity contribution is 5.90. The molecule has 0 aromatic heterocycles. The van der Waals surface area contributed by atoms with E-state index < -0.39 is 12.1 Å². The van der Waals surface area contributed by atoms with Crippen LogP contribution in [0.15, 0.2) is 18.2 Å². The van der Waals surface area contributed by atoms with Crippen molar-refractivity contribution in [2.45, 2.75) is 58.2 Å². The maximum atomic E-state index is 12.7. The van der Waals surface area contributed by atoms with Gasteiger partial charge in [0.1, 0.15) is 6.04 Å². The fraction of sp³-hybridized carbons (Fsp3) is 0.579. The summed E-state index contributed by atoms with van der Waals surface area (Å²) in [6.07, 6.45) is 1.73. The molecule has 1 fully saturated rings. The van der Waals surface area contributed by atoms with Crippen molar-refractivity contribution in [3.63, 3.8) is 0 Å². The Bertz CT molecular complexity index is 652. The molecule has 0 aliphatic heterocycles. The topological polar surface area (TPSA) is 78.4 Å². The summed E-state index contributed by atoms with van der Waals surface area (Å²) in [5, 5.41) is 15.7. The van der Waals surface area contributed by atoms with Crippen LogP contribution in [0.3, 0.4) is 0 Å². The van der Waals surface area contributed by atoms with Crippen LogP contribution in [0, 0.1) is 18.8 Å². The number of aliphatic hydroxyl groups is 1. The first-order valence-electron chi connectivity index (χ1n) is 8.75. The number of aliphatic hydroxyl groups excluding tert-OH is 1. The second kappa shape index (κ2) is 6.55.